The van der Waals surface area contributed by atoms with Crippen molar-refractivity contribution in [1.82, 2.24) is 15.5 Å². The van der Waals surface area contributed by atoms with E-state index in [4.69, 9.17) is 4.74 Å². The van der Waals surface area contributed by atoms with Crippen molar-refractivity contribution in [2.24, 2.45) is 0 Å². The molecule has 5 heteroatoms. The monoisotopic (exact) mass is 253 g/mol. The Balaban J connectivity index is 1.50. The van der Waals surface area contributed by atoms with Gasteiger partial charge in [-0.15, -0.1) is 10.2 Å². The summed E-state index contributed by atoms with van der Waals surface area (Å²) in [6, 6.07) is 0.779. The predicted octanol–water partition coefficient (Wildman–Crippen LogP) is 2.07. The molecule has 1 saturated carbocycles. The van der Waals surface area contributed by atoms with Crippen molar-refractivity contribution in [1.29, 1.82) is 0 Å². The number of rotatable bonds is 5. The average Bonchev–Trinajstić information content (AvgIpc) is 2.85. The average molecular weight is 253 g/mol. The Hall–Kier alpha value is -0.520. The zero-order chi connectivity index (χ0) is 11.7. The molecule has 4 nitrogen and oxygen atoms in total. The number of nitrogens with zero attached hydrogens (tertiary/aromatic N) is 2. The molecule has 0 bridgehead atoms. The first-order valence-electron chi connectivity index (χ1n) is 6.52. The van der Waals surface area contributed by atoms with Crippen molar-refractivity contribution >= 4 is 11.3 Å². The first-order valence-corrected chi connectivity index (χ1v) is 7.34. The number of hydrogen-bond donors (Lipinski definition) is 1. The second-order valence-corrected chi connectivity index (χ2v) is 6.12. The lowest BCUT2D eigenvalue weighted by Crippen LogP contribution is -2.19. The van der Waals surface area contributed by atoms with E-state index in [-0.39, 0.29) is 6.10 Å². The quantitative estimate of drug-likeness (QED) is 0.872. The summed E-state index contributed by atoms with van der Waals surface area (Å²) in [4.78, 5) is 0. The summed E-state index contributed by atoms with van der Waals surface area (Å²) in [5.74, 6) is 0. The SMILES string of the molecule is CC1CCC(c2nnc(CCNC3CC3)s2)O1. The second kappa shape index (κ2) is 5.00. The van der Waals surface area contributed by atoms with Crippen LogP contribution in [0.1, 0.15) is 48.7 Å². The normalized spacial score (nSPS) is 28.8. The highest BCUT2D eigenvalue weighted by Crippen LogP contribution is 2.33. The maximum atomic E-state index is 5.81. The van der Waals surface area contributed by atoms with Gasteiger partial charge in [-0.25, -0.2) is 0 Å². The molecule has 1 N–H and O–H groups in total. The van der Waals surface area contributed by atoms with Gasteiger partial charge in [0.1, 0.15) is 16.1 Å². The van der Waals surface area contributed by atoms with Gasteiger partial charge >= 0.3 is 0 Å². The summed E-state index contributed by atoms with van der Waals surface area (Å²) in [7, 11) is 0. The summed E-state index contributed by atoms with van der Waals surface area (Å²) < 4.78 is 5.81. The fraction of sp³-hybridized carbons (Fsp3) is 0.833. The molecular weight excluding hydrogens is 234 g/mol. The molecule has 2 fully saturated rings. The molecule has 0 radical (unpaired) electrons. The molecule has 0 spiro atoms. The number of nitrogens with one attached hydrogen (secondary N) is 1. The lowest BCUT2D eigenvalue weighted by Gasteiger charge is -2.05. The van der Waals surface area contributed by atoms with Crippen molar-refractivity contribution in [3.8, 4) is 0 Å². The van der Waals surface area contributed by atoms with E-state index in [0.29, 0.717) is 6.10 Å². The third-order valence-corrected chi connectivity index (χ3v) is 4.41. The number of ether oxygens (including phenoxy) is 1. The van der Waals surface area contributed by atoms with Gasteiger partial charge in [-0.05, 0) is 32.6 Å². The second-order valence-electron chi connectivity index (χ2n) is 5.03. The van der Waals surface area contributed by atoms with Crippen LogP contribution in [0.2, 0.25) is 0 Å². The van der Waals surface area contributed by atoms with E-state index in [9.17, 15) is 0 Å². The van der Waals surface area contributed by atoms with Gasteiger partial charge in [-0.3, -0.25) is 0 Å². The van der Waals surface area contributed by atoms with Gasteiger partial charge in [0.2, 0.25) is 0 Å². The molecule has 2 atom stereocenters. The predicted molar refractivity (Wildman–Crippen MR) is 67.2 cm³/mol. The minimum atomic E-state index is 0.202. The van der Waals surface area contributed by atoms with Gasteiger partial charge in [0.25, 0.3) is 0 Å². The molecule has 0 aromatic carbocycles. The Bertz CT molecular complexity index is 378. The topological polar surface area (TPSA) is 47.0 Å². The van der Waals surface area contributed by atoms with Crippen LogP contribution in [0, 0.1) is 0 Å². The summed E-state index contributed by atoms with van der Waals surface area (Å²) in [5.41, 5.74) is 0. The largest absolute Gasteiger partial charge is 0.368 e. The fourth-order valence-corrected chi connectivity index (χ4v) is 3.07. The molecule has 3 rings (SSSR count). The molecule has 17 heavy (non-hydrogen) atoms. The standard InChI is InChI=1S/C12H19N3OS/c1-8-2-5-10(16-8)12-15-14-11(17-12)6-7-13-9-3-4-9/h8-10,13H,2-7H2,1H3. The van der Waals surface area contributed by atoms with E-state index in [2.05, 4.69) is 22.4 Å². The molecule has 2 aliphatic rings. The first kappa shape index (κ1) is 11.6. The fourth-order valence-electron chi connectivity index (χ4n) is 2.15. The van der Waals surface area contributed by atoms with E-state index >= 15 is 0 Å². The molecular formula is C12H19N3OS. The van der Waals surface area contributed by atoms with Gasteiger partial charge in [0.15, 0.2) is 0 Å². The first-order chi connectivity index (χ1) is 8.31. The smallest absolute Gasteiger partial charge is 0.146 e. The lowest BCUT2D eigenvalue weighted by atomic mass is 10.2. The summed E-state index contributed by atoms with van der Waals surface area (Å²) >= 11 is 1.72. The van der Waals surface area contributed by atoms with Crippen LogP contribution >= 0.6 is 11.3 Å². The lowest BCUT2D eigenvalue weighted by molar-refractivity contribution is 0.0550. The van der Waals surface area contributed by atoms with Crippen LogP contribution in [0.15, 0.2) is 0 Å². The molecule has 94 valence electrons. The van der Waals surface area contributed by atoms with Gasteiger partial charge in [0, 0.05) is 19.0 Å². The molecule has 1 saturated heterocycles. The third-order valence-electron chi connectivity index (χ3n) is 3.34. The zero-order valence-electron chi connectivity index (χ0n) is 10.2. The molecule has 0 amide bonds. The summed E-state index contributed by atoms with van der Waals surface area (Å²) in [6.07, 6.45) is 6.50. The third kappa shape index (κ3) is 3.03. The Morgan fingerprint density at radius 1 is 1.29 bits per heavy atom. The molecule has 1 aromatic rings. The van der Waals surface area contributed by atoms with Gasteiger partial charge in [0.05, 0.1) is 6.10 Å². The van der Waals surface area contributed by atoms with Crippen molar-refractivity contribution in [2.75, 3.05) is 6.54 Å². The van der Waals surface area contributed by atoms with E-state index in [1.54, 1.807) is 11.3 Å². The van der Waals surface area contributed by atoms with Crippen LogP contribution in [-0.4, -0.2) is 28.9 Å². The molecule has 1 aliphatic carbocycles. The van der Waals surface area contributed by atoms with Crippen molar-refractivity contribution in [3.05, 3.63) is 10.0 Å². The highest BCUT2D eigenvalue weighted by molar-refractivity contribution is 7.11. The number of hydrogen-bond acceptors (Lipinski definition) is 5. The van der Waals surface area contributed by atoms with Crippen LogP contribution in [0.5, 0.6) is 0 Å². The minimum absolute atomic E-state index is 0.202. The van der Waals surface area contributed by atoms with Crippen LogP contribution < -0.4 is 5.32 Å². The molecule has 2 unspecified atom stereocenters. The highest BCUT2D eigenvalue weighted by atomic mass is 32.1. The summed E-state index contributed by atoms with van der Waals surface area (Å²) in [5, 5.41) is 14.2. The maximum absolute atomic E-state index is 5.81. The maximum Gasteiger partial charge on any atom is 0.146 e. The van der Waals surface area contributed by atoms with E-state index < -0.39 is 0 Å². The Morgan fingerprint density at radius 2 is 2.18 bits per heavy atom. The van der Waals surface area contributed by atoms with E-state index in [1.165, 1.54) is 12.8 Å². The van der Waals surface area contributed by atoms with Gasteiger partial charge in [-0.1, -0.05) is 11.3 Å². The molecule has 2 heterocycles. The molecule has 1 aromatic heterocycles. The van der Waals surface area contributed by atoms with Gasteiger partial charge in [-0.2, -0.15) is 0 Å². The van der Waals surface area contributed by atoms with Crippen LogP contribution in [-0.2, 0) is 11.2 Å². The van der Waals surface area contributed by atoms with Crippen LogP contribution in [0.25, 0.3) is 0 Å². The van der Waals surface area contributed by atoms with Crippen molar-refractivity contribution in [2.45, 2.75) is 57.3 Å². The number of aromatic nitrogens is 2. The molecule has 1 aliphatic heterocycles. The van der Waals surface area contributed by atoms with E-state index in [0.717, 1.165) is 41.9 Å². The zero-order valence-corrected chi connectivity index (χ0v) is 11.0. The van der Waals surface area contributed by atoms with Crippen LogP contribution in [0.4, 0.5) is 0 Å². The summed E-state index contributed by atoms with van der Waals surface area (Å²) in [6.45, 7) is 3.16. The van der Waals surface area contributed by atoms with Crippen molar-refractivity contribution in [3.63, 3.8) is 0 Å². The Kier molecular flexibility index (Phi) is 3.40. The van der Waals surface area contributed by atoms with Crippen molar-refractivity contribution < 1.29 is 4.74 Å². The minimum Gasteiger partial charge on any atom is -0.368 e. The highest BCUT2D eigenvalue weighted by Gasteiger charge is 2.26. The Labute approximate surface area is 106 Å². The van der Waals surface area contributed by atoms with Gasteiger partial charge < -0.3 is 10.1 Å². The van der Waals surface area contributed by atoms with E-state index in [1.807, 2.05) is 0 Å². The van der Waals surface area contributed by atoms with Crippen LogP contribution in [0.3, 0.4) is 0 Å². The Morgan fingerprint density at radius 3 is 2.88 bits per heavy atom.